The molecule has 0 radical (unpaired) electrons. The number of aliphatic hydroxyl groups excluding tert-OH is 2. The lowest BCUT2D eigenvalue weighted by Gasteiger charge is -2.39. The third-order valence-corrected chi connectivity index (χ3v) is 6.06. The third-order valence-electron chi connectivity index (χ3n) is 6.06. The highest BCUT2D eigenvalue weighted by molar-refractivity contribution is 5.80. The van der Waals surface area contributed by atoms with Crippen LogP contribution < -0.4 is 9.47 Å². The summed E-state index contributed by atoms with van der Waals surface area (Å²) in [4.78, 5) is 14.3. The Hall–Kier alpha value is -1.79. The van der Waals surface area contributed by atoms with Gasteiger partial charge in [-0.15, -0.1) is 0 Å². The topological polar surface area (TPSA) is 79.2 Å². The fourth-order valence-electron chi connectivity index (χ4n) is 5.09. The second-order valence-corrected chi connectivity index (χ2v) is 7.04. The SMILES string of the molecule is O=C1CC[C@]23C[C@H](O)[C@H](O)[C@H]2c2cc4c(cc2CCN13)OCO4. The summed E-state index contributed by atoms with van der Waals surface area (Å²) in [6, 6.07) is 3.91. The van der Waals surface area contributed by atoms with Crippen LogP contribution in [0.2, 0.25) is 0 Å². The molecule has 1 aromatic rings. The molecule has 3 heterocycles. The van der Waals surface area contributed by atoms with Crippen LogP contribution in [0.25, 0.3) is 0 Å². The Morgan fingerprint density at radius 1 is 1.17 bits per heavy atom. The van der Waals surface area contributed by atoms with Gasteiger partial charge in [0, 0.05) is 18.9 Å². The van der Waals surface area contributed by atoms with Crippen LogP contribution in [0.15, 0.2) is 12.1 Å². The van der Waals surface area contributed by atoms with E-state index in [0.717, 1.165) is 23.3 Å². The van der Waals surface area contributed by atoms with E-state index in [1.165, 1.54) is 0 Å². The molecule has 1 saturated carbocycles. The number of aliphatic hydroxyl groups is 2. The van der Waals surface area contributed by atoms with E-state index < -0.39 is 17.7 Å². The number of carbonyl (C=O) groups is 1. The molecule has 1 aliphatic carbocycles. The monoisotopic (exact) mass is 317 g/mol. The Morgan fingerprint density at radius 2 is 1.96 bits per heavy atom. The molecule has 6 heteroatoms. The van der Waals surface area contributed by atoms with Gasteiger partial charge in [-0.3, -0.25) is 4.79 Å². The van der Waals surface area contributed by atoms with Crippen molar-refractivity contribution < 1.29 is 24.5 Å². The molecule has 6 nitrogen and oxygen atoms in total. The predicted molar refractivity (Wildman–Crippen MR) is 79.3 cm³/mol. The summed E-state index contributed by atoms with van der Waals surface area (Å²) in [5, 5.41) is 21.0. The molecule has 0 unspecified atom stereocenters. The molecule has 1 amide bonds. The summed E-state index contributed by atoms with van der Waals surface area (Å²) in [7, 11) is 0. The number of hydrogen-bond donors (Lipinski definition) is 2. The largest absolute Gasteiger partial charge is 0.454 e. The number of fused-ring (bicyclic) bond motifs is 3. The maximum absolute atomic E-state index is 12.4. The van der Waals surface area contributed by atoms with E-state index in [9.17, 15) is 15.0 Å². The number of carbonyl (C=O) groups excluding carboxylic acids is 1. The fraction of sp³-hybridized carbons (Fsp3) is 0.588. The lowest BCUT2D eigenvalue weighted by Crippen LogP contribution is -2.48. The number of nitrogens with zero attached hydrogens (tertiary/aromatic N) is 1. The Balaban J connectivity index is 1.71. The maximum Gasteiger partial charge on any atom is 0.231 e. The summed E-state index contributed by atoms with van der Waals surface area (Å²) in [5.41, 5.74) is 1.61. The molecule has 23 heavy (non-hydrogen) atoms. The van der Waals surface area contributed by atoms with Crippen molar-refractivity contribution in [2.24, 2.45) is 0 Å². The van der Waals surface area contributed by atoms with Gasteiger partial charge in [-0.2, -0.15) is 0 Å². The van der Waals surface area contributed by atoms with Gasteiger partial charge in [0.15, 0.2) is 11.5 Å². The van der Waals surface area contributed by atoms with E-state index >= 15 is 0 Å². The van der Waals surface area contributed by atoms with E-state index in [2.05, 4.69) is 0 Å². The normalized spacial score (nSPS) is 37.4. The van der Waals surface area contributed by atoms with Crippen LogP contribution in [-0.2, 0) is 11.2 Å². The third kappa shape index (κ3) is 1.63. The van der Waals surface area contributed by atoms with E-state index in [1.807, 2.05) is 17.0 Å². The minimum atomic E-state index is -0.861. The molecular weight excluding hydrogens is 298 g/mol. The molecule has 2 fully saturated rings. The minimum Gasteiger partial charge on any atom is -0.454 e. The molecule has 3 aliphatic heterocycles. The Bertz CT molecular complexity index is 704. The first-order chi connectivity index (χ1) is 11.1. The standard InChI is InChI=1S/C17H19NO5/c19-11-7-17-3-1-14(20)18(17)4-2-9-5-12-13(23-8-22-12)6-10(9)15(17)16(11)21/h5-6,11,15-16,19,21H,1-4,7-8H2/t11-,15+,16-,17-/m0/s1. The van der Waals surface area contributed by atoms with Gasteiger partial charge in [0.2, 0.25) is 12.7 Å². The van der Waals surface area contributed by atoms with Crippen molar-refractivity contribution in [3.63, 3.8) is 0 Å². The molecule has 0 bridgehead atoms. The van der Waals surface area contributed by atoms with Crippen molar-refractivity contribution in [2.75, 3.05) is 13.3 Å². The summed E-state index contributed by atoms with van der Waals surface area (Å²) >= 11 is 0. The smallest absolute Gasteiger partial charge is 0.231 e. The van der Waals surface area contributed by atoms with Crippen LogP contribution in [0.4, 0.5) is 0 Å². The molecule has 1 aromatic carbocycles. The van der Waals surface area contributed by atoms with Gasteiger partial charge in [0.05, 0.1) is 17.7 Å². The first-order valence-electron chi connectivity index (χ1n) is 8.19. The second kappa shape index (κ2) is 4.39. The van der Waals surface area contributed by atoms with Crippen molar-refractivity contribution in [1.29, 1.82) is 0 Å². The van der Waals surface area contributed by atoms with Crippen molar-refractivity contribution in [1.82, 2.24) is 4.90 Å². The van der Waals surface area contributed by atoms with Gasteiger partial charge in [-0.1, -0.05) is 0 Å². The Morgan fingerprint density at radius 3 is 2.78 bits per heavy atom. The Labute approximate surface area is 133 Å². The van der Waals surface area contributed by atoms with Gasteiger partial charge in [0.1, 0.15) is 0 Å². The van der Waals surface area contributed by atoms with Gasteiger partial charge in [0.25, 0.3) is 0 Å². The lowest BCUT2D eigenvalue weighted by atomic mass is 9.78. The number of hydrogen-bond acceptors (Lipinski definition) is 5. The number of rotatable bonds is 0. The van der Waals surface area contributed by atoms with Gasteiger partial charge < -0.3 is 24.6 Å². The van der Waals surface area contributed by atoms with Crippen LogP contribution in [0.1, 0.15) is 36.3 Å². The zero-order chi connectivity index (χ0) is 15.8. The molecule has 4 aliphatic rings. The average molecular weight is 317 g/mol. The van der Waals surface area contributed by atoms with Crippen molar-refractivity contribution in [3.8, 4) is 11.5 Å². The summed E-state index contributed by atoms with van der Waals surface area (Å²) in [6.07, 6.45) is 0.705. The predicted octanol–water partition coefficient (Wildman–Crippen LogP) is 0.542. The minimum absolute atomic E-state index is 0.129. The van der Waals surface area contributed by atoms with Crippen LogP contribution in [-0.4, -0.2) is 52.1 Å². The molecule has 5 rings (SSSR count). The molecule has 0 aromatic heterocycles. The molecule has 2 N–H and O–H groups in total. The van der Waals surface area contributed by atoms with Gasteiger partial charge in [-0.25, -0.2) is 0 Å². The molecular formula is C17H19NO5. The van der Waals surface area contributed by atoms with Crippen LogP contribution >= 0.6 is 0 Å². The molecule has 122 valence electrons. The number of amides is 1. The van der Waals surface area contributed by atoms with Crippen molar-refractivity contribution in [3.05, 3.63) is 23.3 Å². The van der Waals surface area contributed by atoms with E-state index in [-0.39, 0.29) is 18.6 Å². The van der Waals surface area contributed by atoms with Gasteiger partial charge in [-0.05, 0) is 42.5 Å². The Kier molecular flexibility index (Phi) is 2.60. The van der Waals surface area contributed by atoms with E-state index in [1.54, 1.807) is 0 Å². The van der Waals surface area contributed by atoms with Crippen molar-refractivity contribution >= 4 is 5.91 Å². The van der Waals surface area contributed by atoms with Gasteiger partial charge >= 0.3 is 0 Å². The summed E-state index contributed by atoms with van der Waals surface area (Å²) < 4.78 is 11.0. The maximum atomic E-state index is 12.4. The lowest BCUT2D eigenvalue weighted by molar-refractivity contribution is -0.131. The van der Waals surface area contributed by atoms with Crippen LogP contribution in [0, 0.1) is 0 Å². The highest BCUT2D eigenvalue weighted by Gasteiger charge is 2.61. The molecule has 1 saturated heterocycles. The summed E-state index contributed by atoms with van der Waals surface area (Å²) in [5.74, 6) is 1.27. The number of benzene rings is 1. The summed E-state index contributed by atoms with van der Waals surface area (Å²) in [6.45, 7) is 0.839. The first kappa shape index (κ1) is 13.6. The van der Waals surface area contributed by atoms with Crippen LogP contribution in [0.5, 0.6) is 11.5 Å². The molecule has 4 atom stereocenters. The molecule has 1 spiro atoms. The van der Waals surface area contributed by atoms with E-state index in [0.29, 0.717) is 31.6 Å². The van der Waals surface area contributed by atoms with Crippen molar-refractivity contribution in [2.45, 2.75) is 49.3 Å². The second-order valence-electron chi connectivity index (χ2n) is 7.04. The van der Waals surface area contributed by atoms with Crippen LogP contribution in [0.3, 0.4) is 0 Å². The number of ether oxygens (including phenoxy) is 2. The zero-order valence-electron chi connectivity index (χ0n) is 12.7. The average Bonchev–Trinajstić information content (AvgIpc) is 3.14. The first-order valence-corrected chi connectivity index (χ1v) is 8.19. The highest BCUT2D eigenvalue weighted by Crippen LogP contribution is 2.55. The fourth-order valence-corrected chi connectivity index (χ4v) is 5.09. The zero-order valence-corrected chi connectivity index (χ0v) is 12.7. The highest BCUT2D eigenvalue weighted by atomic mass is 16.7. The quantitative estimate of drug-likeness (QED) is 0.730. The van der Waals surface area contributed by atoms with E-state index in [4.69, 9.17) is 9.47 Å².